The van der Waals surface area contributed by atoms with Crippen molar-refractivity contribution in [2.24, 2.45) is 0 Å². The summed E-state index contributed by atoms with van der Waals surface area (Å²) in [6.07, 6.45) is 5.08. The third kappa shape index (κ3) is 12.5. The first-order valence-electron chi connectivity index (χ1n) is 18.5. The zero-order valence-corrected chi connectivity index (χ0v) is 29.7. The van der Waals surface area contributed by atoms with E-state index in [0.717, 1.165) is 55.8 Å². The zero-order valence-electron chi connectivity index (χ0n) is 29.7. The molecule has 0 aliphatic carbocycles. The second-order valence-electron chi connectivity index (χ2n) is 13.3. The maximum atomic E-state index is 13.5. The Balaban J connectivity index is 1.22. The lowest BCUT2D eigenvalue weighted by Crippen LogP contribution is -2.46. The number of halogens is 3. The van der Waals surface area contributed by atoms with Gasteiger partial charge in [-0.15, -0.1) is 0 Å². The van der Waals surface area contributed by atoms with Gasteiger partial charge in [0.2, 0.25) is 0 Å². The van der Waals surface area contributed by atoms with Crippen LogP contribution in [0.25, 0.3) is 11.1 Å². The van der Waals surface area contributed by atoms with Crippen LogP contribution in [0.3, 0.4) is 0 Å². The number of ether oxygens (including phenoxy) is 2. The monoisotopic (exact) mass is 694 g/mol. The molecule has 0 bridgehead atoms. The Morgan fingerprint density at radius 1 is 0.640 bits per heavy atom. The maximum absolute atomic E-state index is 13.5. The fourth-order valence-electron chi connectivity index (χ4n) is 6.25. The topological polar surface area (TPSA) is 59.1 Å². The molecule has 1 aliphatic heterocycles. The Bertz CT molecular complexity index is 1430. The van der Waals surface area contributed by atoms with Crippen molar-refractivity contribution in [1.29, 1.82) is 0 Å². The molecule has 1 heterocycles. The predicted molar refractivity (Wildman–Crippen MR) is 194 cm³/mol. The quantitative estimate of drug-likeness (QED) is 0.0707. The van der Waals surface area contributed by atoms with E-state index >= 15 is 0 Å². The molecule has 4 rings (SSSR count). The molecule has 0 unspecified atom stereocenters. The molecule has 3 aromatic carbocycles. The van der Waals surface area contributed by atoms with Crippen LogP contribution in [-0.4, -0.2) is 61.8 Å². The van der Waals surface area contributed by atoms with Crippen LogP contribution in [-0.2, 0) is 4.74 Å². The summed E-state index contributed by atoms with van der Waals surface area (Å²) in [7, 11) is 0. The Kier molecular flexibility index (Phi) is 15.7. The maximum Gasteiger partial charge on any atom is 0.425 e. The number of hydrogen-bond acceptors (Lipinski definition) is 6. The van der Waals surface area contributed by atoms with Crippen molar-refractivity contribution in [3.8, 4) is 16.9 Å². The van der Waals surface area contributed by atoms with Crippen molar-refractivity contribution in [2.75, 3.05) is 37.6 Å². The molecule has 1 aliphatic rings. The van der Waals surface area contributed by atoms with Crippen molar-refractivity contribution in [3.05, 3.63) is 83.9 Å². The highest BCUT2D eigenvalue weighted by Crippen LogP contribution is 2.29. The molecule has 0 radical (unpaired) electrons. The number of rotatable bonds is 19. The van der Waals surface area contributed by atoms with Crippen molar-refractivity contribution >= 4 is 17.6 Å². The van der Waals surface area contributed by atoms with Crippen molar-refractivity contribution in [3.63, 3.8) is 0 Å². The van der Waals surface area contributed by atoms with Crippen molar-refractivity contribution in [2.45, 2.75) is 103 Å². The molecule has 0 N–H and O–H groups in total. The molecule has 0 aromatic heterocycles. The molecule has 50 heavy (non-hydrogen) atoms. The number of carbonyl (C=O) groups is 2. The van der Waals surface area contributed by atoms with E-state index in [2.05, 4.69) is 16.7 Å². The van der Waals surface area contributed by atoms with Gasteiger partial charge in [0, 0.05) is 31.9 Å². The third-order valence-corrected chi connectivity index (χ3v) is 9.37. The Hall–Kier alpha value is -3.85. The fourth-order valence-corrected chi connectivity index (χ4v) is 6.25. The highest BCUT2D eigenvalue weighted by molar-refractivity contribution is 5.92. The van der Waals surface area contributed by atoms with Crippen molar-refractivity contribution in [1.82, 2.24) is 4.90 Å². The summed E-state index contributed by atoms with van der Waals surface area (Å²) in [5, 5.41) is 0. The number of carbonyl (C=O) groups excluding carboxylic acids is 2. The van der Waals surface area contributed by atoms with Crippen LogP contribution >= 0.6 is 0 Å². The van der Waals surface area contributed by atoms with Crippen LogP contribution in [0.5, 0.6) is 5.75 Å². The molecular weight excluding hydrogens is 641 g/mol. The molecule has 1 saturated heterocycles. The zero-order chi connectivity index (χ0) is 35.8. The van der Waals surface area contributed by atoms with Gasteiger partial charge in [-0.25, -0.2) is 9.59 Å². The van der Waals surface area contributed by atoms with Gasteiger partial charge in [-0.1, -0.05) is 95.9 Å². The van der Waals surface area contributed by atoms with Crippen LogP contribution in [0.15, 0.2) is 72.8 Å². The van der Waals surface area contributed by atoms with Gasteiger partial charge in [0.25, 0.3) is 0 Å². The molecule has 0 saturated carbocycles. The van der Waals surface area contributed by atoms with Crippen LogP contribution in [0, 0.1) is 0 Å². The van der Waals surface area contributed by atoms with Gasteiger partial charge in [-0.3, -0.25) is 4.90 Å². The number of alkyl halides is 3. The van der Waals surface area contributed by atoms with Gasteiger partial charge < -0.3 is 14.4 Å². The Morgan fingerprint density at radius 3 is 1.72 bits per heavy atom. The van der Waals surface area contributed by atoms with Crippen LogP contribution in [0.4, 0.5) is 18.9 Å². The minimum absolute atomic E-state index is 0.0502. The largest absolute Gasteiger partial charge is 0.449 e. The number of piperazine rings is 1. The summed E-state index contributed by atoms with van der Waals surface area (Å²) in [4.78, 5) is 30.3. The first-order valence-corrected chi connectivity index (χ1v) is 18.5. The van der Waals surface area contributed by atoms with Gasteiger partial charge in [0.15, 0.2) is 6.10 Å². The van der Waals surface area contributed by atoms with Crippen molar-refractivity contribution < 1.29 is 32.2 Å². The SMILES string of the molecule is CCCCCCCCCN1CCN(c2ccc(C(=O)Oc3ccc(-c4ccc(C(=O)O[C@H](CCCCCC)C(F)(F)F)cc4)cc3)cc2)CC1. The van der Waals surface area contributed by atoms with E-state index in [-0.39, 0.29) is 12.0 Å². The van der Waals surface area contributed by atoms with Gasteiger partial charge in [-0.2, -0.15) is 13.2 Å². The number of unbranched alkanes of at least 4 members (excludes halogenated alkanes) is 9. The molecule has 9 heteroatoms. The van der Waals surface area contributed by atoms with E-state index in [1.54, 1.807) is 48.5 Å². The smallest absolute Gasteiger partial charge is 0.425 e. The normalized spacial score (nSPS) is 14.4. The number of hydrogen-bond donors (Lipinski definition) is 0. The molecule has 0 amide bonds. The fraction of sp³-hybridized carbons (Fsp3) is 0.512. The van der Waals surface area contributed by atoms with E-state index < -0.39 is 24.2 Å². The average molecular weight is 695 g/mol. The summed E-state index contributed by atoms with van der Waals surface area (Å²) < 4.78 is 50.8. The van der Waals surface area contributed by atoms with E-state index in [1.807, 2.05) is 19.1 Å². The van der Waals surface area contributed by atoms with E-state index in [0.29, 0.717) is 24.2 Å². The molecule has 0 spiro atoms. The standard InChI is InChI=1S/C41H53F3N2O4/c1-3-5-7-9-10-11-13-27-45-28-30-46(31-29-45)36-23-19-35(20-24-36)39(47)49-37-25-21-33(22-26-37)32-15-17-34(18-16-32)40(48)50-38(41(42,43)44)14-12-8-6-4-2/h15-26,38H,3-14,27-31H2,1-2H3/t38-/m1/s1. The molecule has 1 atom stereocenters. The minimum atomic E-state index is -4.61. The first kappa shape index (κ1) is 38.9. The number of nitrogens with zero attached hydrogens (tertiary/aromatic N) is 2. The summed E-state index contributed by atoms with van der Waals surface area (Å²) in [5.41, 5.74) is 3.16. The van der Waals surface area contributed by atoms with E-state index in [4.69, 9.17) is 9.47 Å². The Morgan fingerprint density at radius 2 is 1.14 bits per heavy atom. The second-order valence-corrected chi connectivity index (χ2v) is 13.3. The molecular formula is C41H53F3N2O4. The summed E-state index contributed by atoms with van der Waals surface area (Å²) in [6, 6.07) is 20.7. The lowest BCUT2D eigenvalue weighted by molar-refractivity contribution is -0.206. The van der Waals surface area contributed by atoms with Crippen LogP contribution in [0.2, 0.25) is 0 Å². The summed E-state index contributed by atoms with van der Waals surface area (Å²) in [6.45, 7) is 9.44. The molecule has 3 aromatic rings. The summed E-state index contributed by atoms with van der Waals surface area (Å²) >= 11 is 0. The van der Waals surface area contributed by atoms with E-state index in [1.165, 1.54) is 63.6 Å². The predicted octanol–water partition coefficient (Wildman–Crippen LogP) is 10.5. The lowest BCUT2D eigenvalue weighted by Gasteiger charge is -2.36. The summed E-state index contributed by atoms with van der Waals surface area (Å²) in [5.74, 6) is -1.06. The van der Waals surface area contributed by atoms with Crippen LogP contribution < -0.4 is 9.64 Å². The minimum Gasteiger partial charge on any atom is -0.449 e. The van der Waals surface area contributed by atoms with Gasteiger partial charge in [-0.05, 0) is 85.5 Å². The van der Waals surface area contributed by atoms with Gasteiger partial charge in [0.1, 0.15) is 5.75 Å². The molecule has 1 fully saturated rings. The number of anilines is 1. The number of benzene rings is 3. The van der Waals surface area contributed by atoms with Crippen LogP contribution in [0.1, 0.15) is 112 Å². The average Bonchev–Trinajstić information content (AvgIpc) is 3.12. The highest BCUT2D eigenvalue weighted by atomic mass is 19.4. The number of esters is 2. The van der Waals surface area contributed by atoms with E-state index in [9.17, 15) is 22.8 Å². The van der Waals surface area contributed by atoms with Gasteiger partial charge in [0.05, 0.1) is 11.1 Å². The Labute approximate surface area is 295 Å². The molecule has 272 valence electrons. The lowest BCUT2D eigenvalue weighted by atomic mass is 10.0. The third-order valence-electron chi connectivity index (χ3n) is 9.37. The second kappa shape index (κ2) is 20.1. The molecule has 6 nitrogen and oxygen atoms in total. The first-order chi connectivity index (χ1) is 24.2. The highest BCUT2D eigenvalue weighted by Gasteiger charge is 2.42. The van der Waals surface area contributed by atoms with Gasteiger partial charge >= 0.3 is 18.1 Å².